The third kappa shape index (κ3) is 6.66. The lowest BCUT2D eigenvalue weighted by Gasteiger charge is -2.30. The van der Waals surface area contributed by atoms with E-state index >= 15 is 0 Å². The maximum absolute atomic E-state index is 12.6. The fraction of sp³-hybridized carbons (Fsp3) is 0.611. The number of rotatable bonds is 9. The molecule has 0 aliphatic carbocycles. The van der Waals surface area contributed by atoms with Gasteiger partial charge in [0.05, 0.1) is 10.5 Å². The van der Waals surface area contributed by atoms with Gasteiger partial charge in [-0.2, -0.15) is 0 Å². The Morgan fingerprint density at radius 1 is 1.20 bits per heavy atom. The molecule has 0 unspecified atom stereocenters. The number of carbonyl (C=O) groups excluding carboxylic acids is 1. The Balaban J connectivity index is 2.88. The molecule has 1 aromatic rings. The van der Waals surface area contributed by atoms with Crippen molar-refractivity contribution in [2.45, 2.75) is 63.8 Å². The van der Waals surface area contributed by atoms with Crippen LogP contribution < -0.4 is 5.32 Å². The summed E-state index contributed by atoms with van der Waals surface area (Å²) in [5.41, 5.74) is 0.304. The molecule has 140 valence electrons. The average molecular weight is 368 g/mol. The van der Waals surface area contributed by atoms with Crippen LogP contribution in [0, 0.1) is 10.1 Å². The molecule has 1 N–H and O–H groups in total. The minimum atomic E-state index is -0.472. The molecule has 7 heteroatoms. The summed E-state index contributed by atoms with van der Waals surface area (Å²) >= 11 is 1.53. The molecule has 6 nitrogen and oxygen atoms in total. The number of hydrogen-bond acceptors (Lipinski definition) is 5. The third-order valence-corrected chi connectivity index (χ3v) is 4.84. The summed E-state index contributed by atoms with van der Waals surface area (Å²) in [6, 6.07) is 5.25. The van der Waals surface area contributed by atoms with Gasteiger partial charge in [-0.15, -0.1) is 11.8 Å². The second kappa shape index (κ2) is 9.77. The molecule has 0 radical (unpaired) electrons. The van der Waals surface area contributed by atoms with E-state index in [0.717, 1.165) is 11.4 Å². The van der Waals surface area contributed by atoms with Crippen molar-refractivity contribution in [3.05, 3.63) is 33.9 Å². The molecule has 25 heavy (non-hydrogen) atoms. The van der Waals surface area contributed by atoms with Crippen LogP contribution >= 0.6 is 11.8 Å². The van der Waals surface area contributed by atoms with Gasteiger partial charge in [0.2, 0.25) is 0 Å². The fourth-order valence-electron chi connectivity index (χ4n) is 2.67. The molecule has 0 heterocycles. The predicted molar refractivity (Wildman–Crippen MR) is 103 cm³/mol. The highest BCUT2D eigenvalue weighted by molar-refractivity contribution is 8.00. The first-order chi connectivity index (χ1) is 11.6. The number of carbonyl (C=O) groups is 1. The zero-order chi connectivity index (χ0) is 19.1. The molecule has 1 aromatic carbocycles. The van der Waals surface area contributed by atoms with E-state index < -0.39 is 4.92 Å². The lowest BCUT2D eigenvalue weighted by molar-refractivity contribution is -0.384. The monoisotopic (exact) mass is 367 g/mol. The first kappa shape index (κ1) is 21.4. The molecule has 0 atom stereocenters. The molecule has 0 fully saturated rings. The largest absolute Gasteiger partial charge is 0.351 e. The van der Waals surface area contributed by atoms with Gasteiger partial charge >= 0.3 is 0 Å². The second-order valence-electron chi connectivity index (χ2n) is 6.79. The maximum atomic E-state index is 12.6. The topological polar surface area (TPSA) is 75.5 Å². The van der Waals surface area contributed by atoms with E-state index in [4.69, 9.17) is 0 Å². The maximum Gasteiger partial charge on any atom is 0.270 e. The smallest absolute Gasteiger partial charge is 0.270 e. The van der Waals surface area contributed by atoms with Crippen molar-refractivity contribution in [1.82, 2.24) is 10.2 Å². The molecule has 0 saturated carbocycles. The number of amides is 1. The van der Waals surface area contributed by atoms with E-state index in [1.165, 1.54) is 23.9 Å². The number of thioether (sulfide) groups is 1. The molecule has 1 amide bonds. The van der Waals surface area contributed by atoms with Crippen molar-refractivity contribution >= 4 is 23.4 Å². The van der Waals surface area contributed by atoms with Crippen LogP contribution in [0.25, 0.3) is 0 Å². The minimum absolute atomic E-state index is 0.0655. The number of non-ortho nitro benzene ring substituents is 1. The van der Waals surface area contributed by atoms with E-state index in [-0.39, 0.29) is 16.8 Å². The SMILES string of the molecule is CC(C)Sc1ccc([N+](=O)[O-])cc1C(=O)NCCN(C(C)C)C(C)C. The number of nitro benzene ring substituents is 1. The van der Waals surface area contributed by atoms with Crippen LogP contribution in [0.3, 0.4) is 0 Å². The number of benzene rings is 1. The summed E-state index contributed by atoms with van der Waals surface area (Å²) in [6.45, 7) is 13.8. The summed E-state index contributed by atoms with van der Waals surface area (Å²) in [7, 11) is 0. The van der Waals surface area contributed by atoms with Gasteiger partial charge in [0.15, 0.2) is 0 Å². The standard InChI is InChI=1S/C18H29N3O3S/c1-12(2)20(13(3)4)10-9-19-18(22)16-11-15(21(23)24)7-8-17(16)25-14(5)6/h7-8,11-14H,9-10H2,1-6H3,(H,19,22). The van der Waals surface area contributed by atoms with Gasteiger partial charge in [0, 0.05) is 47.5 Å². The van der Waals surface area contributed by atoms with Gasteiger partial charge in [0.25, 0.3) is 11.6 Å². The van der Waals surface area contributed by atoms with Crippen LogP contribution in [0.5, 0.6) is 0 Å². The third-order valence-electron chi connectivity index (χ3n) is 3.76. The molecule has 0 aliphatic rings. The Kier molecular flexibility index (Phi) is 8.38. The number of nitrogens with one attached hydrogen (secondary N) is 1. The molecular weight excluding hydrogens is 338 g/mol. The highest BCUT2D eigenvalue weighted by Crippen LogP contribution is 2.29. The van der Waals surface area contributed by atoms with Gasteiger partial charge in [-0.3, -0.25) is 19.8 Å². The highest BCUT2D eigenvalue weighted by atomic mass is 32.2. The van der Waals surface area contributed by atoms with E-state index in [2.05, 4.69) is 37.9 Å². The van der Waals surface area contributed by atoms with E-state index in [0.29, 0.717) is 24.2 Å². The number of hydrogen-bond donors (Lipinski definition) is 1. The molecule has 0 saturated heterocycles. The first-order valence-electron chi connectivity index (χ1n) is 8.62. The minimum Gasteiger partial charge on any atom is -0.351 e. The molecule has 0 aliphatic heterocycles. The summed E-state index contributed by atoms with van der Waals surface area (Å²) in [4.78, 5) is 26.2. The highest BCUT2D eigenvalue weighted by Gasteiger charge is 2.19. The fourth-order valence-corrected chi connectivity index (χ4v) is 3.61. The van der Waals surface area contributed by atoms with Crippen LogP contribution in [-0.4, -0.2) is 46.2 Å². The summed E-state index contributed by atoms with van der Waals surface area (Å²) in [5.74, 6) is -0.265. The Morgan fingerprint density at radius 3 is 2.28 bits per heavy atom. The lowest BCUT2D eigenvalue weighted by Crippen LogP contribution is -2.42. The van der Waals surface area contributed by atoms with Gasteiger partial charge in [-0.1, -0.05) is 13.8 Å². The quantitative estimate of drug-likeness (QED) is 0.406. The summed E-state index contributed by atoms with van der Waals surface area (Å²) in [5, 5.41) is 14.2. The first-order valence-corrected chi connectivity index (χ1v) is 9.50. The predicted octanol–water partition coefficient (Wildman–Crippen LogP) is 3.94. The van der Waals surface area contributed by atoms with Gasteiger partial charge in [-0.25, -0.2) is 0 Å². The van der Waals surface area contributed by atoms with Crippen molar-refractivity contribution in [3.63, 3.8) is 0 Å². The van der Waals surface area contributed by atoms with Crippen molar-refractivity contribution in [2.24, 2.45) is 0 Å². The zero-order valence-corrected chi connectivity index (χ0v) is 16.7. The van der Waals surface area contributed by atoms with E-state index in [1.807, 2.05) is 13.8 Å². The van der Waals surface area contributed by atoms with Crippen LogP contribution in [0.1, 0.15) is 51.9 Å². The molecule has 1 rings (SSSR count). The van der Waals surface area contributed by atoms with Crippen molar-refractivity contribution in [3.8, 4) is 0 Å². The summed E-state index contributed by atoms with van der Waals surface area (Å²) < 4.78 is 0. The normalized spacial score (nSPS) is 11.6. The van der Waals surface area contributed by atoms with Crippen LogP contribution in [0.2, 0.25) is 0 Å². The van der Waals surface area contributed by atoms with Gasteiger partial charge < -0.3 is 5.32 Å². The zero-order valence-electron chi connectivity index (χ0n) is 15.9. The van der Waals surface area contributed by atoms with Crippen molar-refractivity contribution in [1.29, 1.82) is 0 Å². The second-order valence-corrected chi connectivity index (χ2v) is 8.40. The Morgan fingerprint density at radius 2 is 1.80 bits per heavy atom. The summed E-state index contributed by atoms with van der Waals surface area (Å²) in [6.07, 6.45) is 0. The molecule has 0 bridgehead atoms. The number of nitrogens with zero attached hydrogens (tertiary/aromatic N) is 2. The van der Waals surface area contributed by atoms with E-state index in [9.17, 15) is 14.9 Å². The van der Waals surface area contributed by atoms with E-state index in [1.54, 1.807) is 6.07 Å². The van der Waals surface area contributed by atoms with Crippen molar-refractivity contribution < 1.29 is 9.72 Å². The molecule has 0 aromatic heterocycles. The Hall–Kier alpha value is -1.60. The van der Waals surface area contributed by atoms with Gasteiger partial charge in [0.1, 0.15) is 0 Å². The Bertz CT molecular complexity index is 595. The van der Waals surface area contributed by atoms with Crippen molar-refractivity contribution in [2.75, 3.05) is 13.1 Å². The van der Waals surface area contributed by atoms with Crippen LogP contribution in [0.15, 0.2) is 23.1 Å². The molecular formula is C18H29N3O3S. The number of nitro groups is 1. The average Bonchev–Trinajstić information content (AvgIpc) is 2.50. The molecule has 0 spiro atoms. The lowest BCUT2D eigenvalue weighted by atomic mass is 10.2. The van der Waals surface area contributed by atoms with Crippen LogP contribution in [0.4, 0.5) is 5.69 Å². The Labute approximate surface area is 154 Å². The van der Waals surface area contributed by atoms with Gasteiger partial charge in [-0.05, 0) is 33.8 Å². The van der Waals surface area contributed by atoms with Crippen LogP contribution in [-0.2, 0) is 0 Å².